The summed E-state index contributed by atoms with van der Waals surface area (Å²) in [5.74, 6) is -3.18. The molecule has 0 bridgehead atoms. The van der Waals surface area contributed by atoms with Crippen molar-refractivity contribution in [3.63, 3.8) is 0 Å². The van der Waals surface area contributed by atoms with Crippen LogP contribution in [0.3, 0.4) is 0 Å². The maximum Gasteiger partial charge on any atom is 0.454 e. The van der Waals surface area contributed by atoms with E-state index in [0.717, 1.165) is 17.8 Å². The van der Waals surface area contributed by atoms with E-state index in [1.54, 1.807) is 30.3 Å². The molecule has 2 aromatic carbocycles. The minimum atomic E-state index is -4.99. The average Bonchev–Trinajstić information content (AvgIpc) is 2.60. The number of hydrogen-bond acceptors (Lipinski definition) is 3. The molecule has 0 fully saturated rings. The fraction of sp³-hybridized carbons (Fsp3) is 0.158. The zero-order valence-corrected chi connectivity index (χ0v) is 14.0. The number of allylic oxidation sites excluding steroid dienone is 1. The number of alkyl halides is 3. The van der Waals surface area contributed by atoms with Gasteiger partial charge in [-0.25, -0.2) is 4.39 Å². The van der Waals surface area contributed by atoms with E-state index < -0.39 is 29.7 Å². The number of halogens is 4. The van der Waals surface area contributed by atoms with Crippen LogP contribution in [0.1, 0.15) is 5.56 Å². The minimum Gasteiger partial charge on any atom is -0.379 e. The van der Waals surface area contributed by atoms with Crippen LogP contribution in [0.4, 0.5) is 23.2 Å². The Kier molecular flexibility index (Phi) is 6.70. The van der Waals surface area contributed by atoms with Crippen molar-refractivity contribution in [2.24, 2.45) is 0 Å². The fourth-order valence-corrected chi connectivity index (χ4v) is 2.21. The first-order chi connectivity index (χ1) is 12.8. The maximum absolute atomic E-state index is 13.2. The third-order valence-corrected chi connectivity index (χ3v) is 3.50. The van der Waals surface area contributed by atoms with Gasteiger partial charge in [-0.2, -0.15) is 13.2 Å². The topological polar surface area (TPSA) is 58.2 Å². The van der Waals surface area contributed by atoms with Gasteiger partial charge >= 0.3 is 6.18 Å². The summed E-state index contributed by atoms with van der Waals surface area (Å²) < 4.78 is 50.0. The summed E-state index contributed by atoms with van der Waals surface area (Å²) >= 11 is 0. The van der Waals surface area contributed by atoms with Gasteiger partial charge in [-0.1, -0.05) is 36.4 Å². The molecule has 0 aromatic heterocycles. The van der Waals surface area contributed by atoms with Gasteiger partial charge in [0.15, 0.2) is 0 Å². The smallest absolute Gasteiger partial charge is 0.379 e. The third-order valence-electron chi connectivity index (χ3n) is 3.50. The van der Waals surface area contributed by atoms with E-state index in [1.165, 1.54) is 18.2 Å². The van der Waals surface area contributed by atoms with Gasteiger partial charge in [0, 0.05) is 24.4 Å². The number of carbonyl (C=O) groups excluding carboxylic acids is 2. The van der Waals surface area contributed by atoms with Crippen LogP contribution in [0.2, 0.25) is 0 Å². The molecular formula is C19H16F4N2O2. The molecule has 0 heterocycles. The Labute approximate surface area is 152 Å². The van der Waals surface area contributed by atoms with Gasteiger partial charge < -0.3 is 10.6 Å². The van der Waals surface area contributed by atoms with Crippen molar-refractivity contribution >= 4 is 17.4 Å². The largest absolute Gasteiger partial charge is 0.454 e. The molecule has 2 rings (SSSR count). The van der Waals surface area contributed by atoms with Gasteiger partial charge in [-0.3, -0.25) is 9.59 Å². The van der Waals surface area contributed by atoms with Crippen LogP contribution in [0, 0.1) is 5.82 Å². The molecule has 0 aliphatic rings. The predicted octanol–water partition coefficient (Wildman–Crippen LogP) is 3.61. The van der Waals surface area contributed by atoms with Crippen molar-refractivity contribution < 1.29 is 27.2 Å². The summed E-state index contributed by atoms with van der Waals surface area (Å²) in [6.07, 6.45) is -3.74. The number of anilines is 1. The van der Waals surface area contributed by atoms with Crippen molar-refractivity contribution in [3.05, 3.63) is 78.3 Å². The van der Waals surface area contributed by atoms with Crippen molar-refractivity contribution in [2.75, 3.05) is 5.32 Å². The van der Waals surface area contributed by atoms with E-state index in [0.29, 0.717) is 6.08 Å². The van der Waals surface area contributed by atoms with Gasteiger partial charge in [0.2, 0.25) is 5.91 Å². The van der Waals surface area contributed by atoms with Crippen molar-refractivity contribution in [1.29, 1.82) is 0 Å². The molecular weight excluding hydrogens is 364 g/mol. The van der Waals surface area contributed by atoms with Crippen LogP contribution >= 0.6 is 0 Å². The van der Waals surface area contributed by atoms with E-state index in [9.17, 15) is 27.2 Å². The first-order valence-corrected chi connectivity index (χ1v) is 7.90. The molecule has 4 nitrogen and oxygen atoms in total. The molecule has 2 aromatic rings. The van der Waals surface area contributed by atoms with Gasteiger partial charge in [-0.05, 0) is 23.8 Å². The van der Waals surface area contributed by atoms with Gasteiger partial charge in [0.1, 0.15) is 11.9 Å². The van der Waals surface area contributed by atoms with E-state index in [2.05, 4.69) is 10.6 Å². The molecule has 0 radical (unpaired) electrons. The average molecular weight is 380 g/mol. The second kappa shape index (κ2) is 8.98. The highest BCUT2D eigenvalue weighted by Crippen LogP contribution is 2.16. The van der Waals surface area contributed by atoms with Crippen LogP contribution in [0.25, 0.3) is 0 Å². The predicted molar refractivity (Wildman–Crippen MR) is 92.3 cm³/mol. The molecule has 27 heavy (non-hydrogen) atoms. The number of nitrogens with one attached hydrogen (secondary N) is 2. The second-order valence-corrected chi connectivity index (χ2v) is 5.60. The van der Waals surface area contributed by atoms with Crippen LogP contribution in [-0.4, -0.2) is 23.9 Å². The molecule has 0 saturated carbocycles. The summed E-state index contributed by atoms with van der Waals surface area (Å²) in [7, 11) is 0. The number of rotatable bonds is 7. The Morgan fingerprint density at radius 1 is 1.04 bits per heavy atom. The zero-order chi connectivity index (χ0) is 19.9. The minimum absolute atomic E-state index is 0.145. The van der Waals surface area contributed by atoms with E-state index in [-0.39, 0.29) is 12.1 Å². The Morgan fingerprint density at radius 2 is 1.74 bits per heavy atom. The summed E-state index contributed by atoms with van der Waals surface area (Å²) in [5, 5.41) is 4.99. The fourth-order valence-electron chi connectivity index (χ4n) is 2.21. The van der Waals surface area contributed by atoms with Crippen molar-refractivity contribution in [3.8, 4) is 0 Å². The van der Waals surface area contributed by atoms with Crippen molar-refractivity contribution in [2.45, 2.75) is 18.6 Å². The number of hydrogen-bond donors (Lipinski definition) is 2. The highest BCUT2D eigenvalue weighted by atomic mass is 19.4. The van der Waals surface area contributed by atoms with Gasteiger partial charge in [0.05, 0.1) is 0 Å². The zero-order valence-electron chi connectivity index (χ0n) is 14.0. The van der Waals surface area contributed by atoms with Gasteiger partial charge in [0.25, 0.3) is 5.78 Å². The van der Waals surface area contributed by atoms with Crippen molar-refractivity contribution in [1.82, 2.24) is 5.32 Å². The molecule has 142 valence electrons. The Balaban J connectivity index is 2.12. The van der Waals surface area contributed by atoms with Crippen LogP contribution in [0.15, 0.2) is 66.9 Å². The molecule has 2 N–H and O–H groups in total. The molecule has 8 heteroatoms. The number of ketones is 1. The first kappa shape index (κ1) is 20.2. The molecule has 1 atom stereocenters. The first-order valence-electron chi connectivity index (χ1n) is 7.90. The van der Waals surface area contributed by atoms with E-state index in [4.69, 9.17) is 0 Å². The lowest BCUT2D eigenvalue weighted by Crippen LogP contribution is -2.39. The monoisotopic (exact) mass is 380 g/mol. The van der Waals surface area contributed by atoms with Gasteiger partial charge in [-0.15, -0.1) is 0 Å². The SMILES string of the molecule is O=C(Nc1cccc(F)c1)C(Cc1ccccc1)N/C=C/C(=O)C(F)(F)F. The molecule has 0 spiro atoms. The molecule has 1 unspecified atom stereocenters. The molecule has 0 aliphatic heterocycles. The normalized spacial score (nSPS) is 12.6. The molecule has 0 aliphatic carbocycles. The second-order valence-electron chi connectivity index (χ2n) is 5.60. The summed E-state index contributed by atoms with van der Waals surface area (Å²) in [6, 6.07) is 13.0. The Morgan fingerprint density at radius 3 is 2.37 bits per heavy atom. The summed E-state index contributed by atoms with van der Waals surface area (Å²) in [4.78, 5) is 23.4. The highest BCUT2D eigenvalue weighted by molar-refractivity contribution is 5.96. The quantitative estimate of drug-likeness (QED) is 0.570. The number of benzene rings is 2. The third kappa shape index (κ3) is 6.58. The Bertz CT molecular complexity index is 820. The summed E-state index contributed by atoms with van der Waals surface area (Å²) in [5.41, 5.74) is 0.954. The lowest BCUT2D eigenvalue weighted by Gasteiger charge is -2.17. The summed E-state index contributed by atoms with van der Waals surface area (Å²) in [6.45, 7) is 0. The van der Waals surface area contributed by atoms with E-state index in [1.807, 2.05) is 0 Å². The maximum atomic E-state index is 13.2. The van der Waals surface area contributed by atoms with E-state index >= 15 is 0 Å². The number of carbonyl (C=O) groups is 2. The highest BCUT2D eigenvalue weighted by Gasteiger charge is 2.36. The lowest BCUT2D eigenvalue weighted by molar-refractivity contribution is -0.165. The number of amides is 1. The van der Waals surface area contributed by atoms with Crippen LogP contribution in [-0.2, 0) is 16.0 Å². The van der Waals surface area contributed by atoms with Crippen LogP contribution < -0.4 is 10.6 Å². The lowest BCUT2D eigenvalue weighted by atomic mass is 10.1. The standard InChI is InChI=1S/C19H16F4N2O2/c20-14-7-4-8-15(12-14)25-18(27)16(11-13-5-2-1-3-6-13)24-10-9-17(26)19(21,22)23/h1-10,12,16,24H,11H2,(H,25,27)/b10-9+. The molecule has 1 amide bonds. The molecule has 0 saturated heterocycles. The van der Waals surface area contributed by atoms with Crippen LogP contribution in [0.5, 0.6) is 0 Å². The Hall–Kier alpha value is -3.16.